The third kappa shape index (κ3) is 3.43. The van der Waals surface area contributed by atoms with Gasteiger partial charge in [-0.2, -0.15) is 4.98 Å². The predicted octanol–water partition coefficient (Wildman–Crippen LogP) is 2.74. The van der Waals surface area contributed by atoms with Gasteiger partial charge in [0.25, 0.3) is 0 Å². The van der Waals surface area contributed by atoms with Gasteiger partial charge in [0.05, 0.1) is 5.41 Å². The number of nitrogens with zero attached hydrogens (tertiary/aromatic N) is 2. The molecule has 0 amide bonds. The van der Waals surface area contributed by atoms with Gasteiger partial charge in [-0.15, -0.1) is 12.4 Å². The van der Waals surface area contributed by atoms with Crippen molar-refractivity contribution < 1.29 is 9.26 Å². The minimum Gasteiger partial charge on any atom is -0.381 e. The van der Waals surface area contributed by atoms with Crippen molar-refractivity contribution in [2.75, 3.05) is 19.8 Å². The Kier molecular flexibility index (Phi) is 5.81. The summed E-state index contributed by atoms with van der Waals surface area (Å²) in [5.74, 6) is 1.26. The van der Waals surface area contributed by atoms with Crippen molar-refractivity contribution in [2.45, 2.75) is 24.7 Å². The standard InChI is InChI=1S/C15H18ClN3O2.ClH/c16-12-4-2-1-3-11(12)9-13-18-14(21-19-13)15(10-17)5-7-20-8-6-15;/h1-4H,5-10,17H2;1H. The molecular formula is C15H19Cl2N3O2. The van der Waals surface area contributed by atoms with Crippen LogP contribution in [0.3, 0.4) is 0 Å². The minimum absolute atomic E-state index is 0. The number of benzene rings is 1. The van der Waals surface area contributed by atoms with Crippen molar-refractivity contribution in [3.63, 3.8) is 0 Å². The van der Waals surface area contributed by atoms with Crippen LogP contribution in [0.25, 0.3) is 0 Å². The highest BCUT2D eigenvalue weighted by atomic mass is 35.5. The van der Waals surface area contributed by atoms with E-state index in [9.17, 15) is 0 Å². The summed E-state index contributed by atoms with van der Waals surface area (Å²) in [5.41, 5.74) is 6.69. The smallest absolute Gasteiger partial charge is 0.234 e. The molecule has 1 aromatic heterocycles. The molecule has 0 radical (unpaired) electrons. The van der Waals surface area contributed by atoms with Crippen LogP contribution in [0.2, 0.25) is 5.02 Å². The molecule has 0 spiro atoms. The molecule has 0 unspecified atom stereocenters. The maximum absolute atomic E-state index is 6.16. The van der Waals surface area contributed by atoms with E-state index in [1.54, 1.807) is 0 Å². The Labute approximate surface area is 140 Å². The SMILES string of the molecule is Cl.NCC1(c2nc(Cc3ccccc3Cl)no2)CCOCC1. The van der Waals surface area contributed by atoms with Crippen LogP contribution in [-0.4, -0.2) is 29.9 Å². The molecule has 2 aromatic rings. The zero-order valence-corrected chi connectivity index (χ0v) is 13.7. The Bertz CT molecular complexity index is 612. The third-order valence-electron chi connectivity index (χ3n) is 4.07. The van der Waals surface area contributed by atoms with Crippen LogP contribution in [0.5, 0.6) is 0 Å². The van der Waals surface area contributed by atoms with Gasteiger partial charge in [-0.05, 0) is 24.5 Å². The van der Waals surface area contributed by atoms with E-state index < -0.39 is 0 Å². The highest BCUT2D eigenvalue weighted by molar-refractivity contribution is 6.31. The summed E-state index contributed by atoms with van der Waals surface area (Å²) in [6, 6.07) is 7.67. The second-order valence-corrected chi connectivity index (χ2v) is 5.79. The lowest BCUT2D eigenvalue weighted by Gasteiger charge is -2.32. The predicted molar refractivity (Wildman–Crippen MR) is 86.6 cm³/mol. The summed E-state index contributed by atoms with van der Waals surface area (Å²) in [5, 5.41) is 4.79. The molecule has 7 heteroatoms. The molecule has 1 aromatic carbocycles. The van der Waals surface area contributed by atoms with Gasteiger partial charge >= 0.3 is 0 Å². The lowest BCUT2D eigenvalue weighted by Crippen LogP contribution is -2.40. The van der Waals surface area contributed by atoms with Crippen molar-refractivity contribution in [3.8, 4) is 0 Å². The molecule has 0 saturated carbocycles. The summed E-state index contributed by atoms with van der Waals surface area (Å²) < 4.78 is 10.9. The minimum atomic E-state index is -0.246. The summed E-state index contributed by atoms with van der Waals surface area (Å²) in [6.45, 7) is 1.85. The average molecular weight is 344 g/mol. The van der Waals surface area contributed by atoms with Gasteiger partial charge < -0.3 is 15.0 Å². The summed E-state index contributed by atoms with van der Waals surface area (Å²) >= 11 is 6.16. The Hall–Kier alpha value is -1.14. The highest BCUT2D eigenvalue weighted by Gasteiger charge is 2.38. The summed E-state index contributed by atoms with van der Waals surface area (Å²) in [4.78, 5) is 4.54. The van der Waals surface area contributed by atoms with E-state index in [0.717, 1.165) is 18.4 Å². The lowest BCUT2D eigenvalue weighted by molar-refractivity contribution is 0.0409. The molecular weight excluding hydrogens is 325 g/mol. The molecule has 22 heavy (non-hydrogen) atoms. The quantitative estimate of drug-likeness (QED) is 0.923. The molecule has 0 aliphatic carbocycles. The fourth-order valence-corrected chi connectivity index (χ4v) is 2.82. The Morgan fingerprint density at radius 1 is 1.23 bits per heavy atom. The molecule has 2 N–H and O–H groups in total. The summed E-state index contributed by atoms with van der Waals surface area (Å²) in [7, 11) is 0. The number of nitrogens with two attached hydrogens (primary N) is 1. The molecule has 3 rings (SSSR count). The molecule has 1 saturated heterocycles. The van der Waals surface area contributed by atoms with Crippen LogP contribution in [0.1, 0.15) is 30.1 Å². The number of halogens is 2. The van der Waals surface area contributed by atoms with Gasteiger partial charge in [0.1, 0.15) is 0 Å². The van der Waals surface area contributed by atoms with Crippen molar-refractivity contribution >= 4 is 24.0 Å². The monoisotopic (exact) mass is 343 g/mol. The van der Waals surface area contributed by atoms with Crippen molar-refractivity contribution in [3.05, 3.63) is 46.6 Å². The first-order valence-corrected chi connectivity index (χ1v) is 7.46. The van der Waals surface area contributed by atoms with Crippen LogP contribution in [0.15, 0.2) is 28.8 Å². The second-order valence-electron chi connectivity index (χ2n) is 5.38. The number of ether oxygens (including phenoxy) is 1. The van der Waals surface area contributed by atoms with E-state index in [1.165, 1.54) is 0 Å². The van der Waals surface area contributed by atoms with Gasteiger partial charge in [0, 0.05) is 31.2 Å². The largest absolute Gasteiger partial charge is 0.381 e. The zero-order valence-electron chi connectivity index (χ0n) is 12.1. The van der Waals surface area contributed by atoms with Gasteiger partial charge in [-0.25, -0.2) is 0 Å². The fourth-order valence-electron chi connectivity index (χ4n) is 2.62. The molecule has 5 nitrogen and oxygen atoms in total. The van der Waals surface area contributed by atoms with Gasteiger partial charge in [0.15, 0.2) is 5.82 Å². The van der Waals surface area contributed by atoms with E-state index in [4.69, 9.17) is 26.6 Å². The van der Waals surface area contributed by atoms with Crippen LogP contribution >= 0.6 is 24.0 Å². The number of rotatable bonds is 4. The van der Waals surface area contributed by atoms with E-state index >= 15 is 0 Å². The summed E-state index contributed by atoms with van der Waals surface area (Å²) in [6.07, 6.45) is 2.19. The Balaban J connectivity index is 0.00000176. The molecule has 2 heterocycles. The Morgan fingerprint density at radius 3 is 2.64 bits per heavy atom. The van der Waals surface area contributed by atoms with Gasteiger partial charge in [0.2, 0.25) is 5.89 Å². The topological polar surface area (TPSA) is 74.2 Å². The molecule has 0 atom stereocenters. The van der Waals surface area contributed by atoms with Crippen molar-refractivity contribution in [2.24, 2.45) is 5.73 Å². The molecule has 1 fully saturated rings. The first-order valence-electron chi connectivity index (χ1n) is 7.08. The first kappa shape index (κ1) is 17.2. The first-order chi connectivity index (χ1) is 10.2. The normalized spacial score (nSPS) is 17.0. The number of hydrogen-bond donors (Lipinski definition) is 1. The number of aromatic nitrogens is 2. The van der Waals surface area contributed by atoms with Crippen molar-refractivity contribution in [1.82, 2.24) is 10.1 Å². The maximum atomic E-state index is 6.16. The average Bonchev–Trinajstić information content (AvgIpc) is 2.99. The van der Waals surface area contributed by atoms with Crippen LogP contribution in [0, 0.1) is 0 Å². The highest BCUT2D eigenvalue weighted by Crippen LogP contribution is 2.33. The van der Waals surface area contributed by atoms with Crippen molar-refractivity contribution in [1.29, 1.82) is 0 Å². The van der Waals surface area contributed by atoms with Crippen LogP contribution < -0.4 is 5.73 Å². The lowest BCUT2D eigenvalue weighted by atomic mass is 9.80. The Morgan fingerprint density at radius 2 is 1.95 bits per heavy atom. The molecule has 1 aliphatic heterocycles. The zero-order chi connectivity index (χ0) is 14.7. The van der Waals surface area contributed by atoms with E-state index in [1.807, 2.05) is 24.3 Å². The fraction of sp³-hybridized carbons (Fsp3) is 0.467. The van der Waals surface area contributed by atoms with E-state index in [2.05, 4.69) is 10.1 Å². The van der Waals surface area contributed by atoms with Crippen LogP contribution in [0.4, 0.5) is 0 Å². The van der Waals surface area contributed by atoms with E-state index in [-0.39, 0.29) is 17.8 Å². The molecule has 1 aliphatic rings. The van der Waals surface area contributed by atoms with Gasteiger partial charge in [-0.1, -0.05) is 35.0 Å². The van der Waals surface area contributed by atoms with Crippen LogP contribution in [-0.2, 0) is 16.6 Å². The third-order valence-corrected chi connectivity index (χ3v) is 4.44. The van der Waals surface area contributed by atoms with Gasteiger partial charge in [-0.3, -0.25) is 0 Å². The maximum Gasteiger partial charge on any atom is 0.234 e. The second kappa shape index (κ2) is 7.42. The molecule has 120 valence electrons. The molecule has 0 bridgehead atoms. The number of hydrogen-bond acceptors (Lipinski definition) is 5. The van der Waals surface area contributed by atoms with E-state index in [0.29, 0.717) is 42.9 Å².